The van der Waals surface area contributed by atoms with Gasteiger partial charge in [0.1, 0.15) is 17.9 Å². The molecule has 1 fully saturated rings. The topological polar surface area (TPSA) is 88.4 Å². The van der Waals surface area contributed by atoms with Gasteiger partial charge in [-0.05, 0) is 55.9 Å². The highest BCUT2D eigenvalue weighted by molar-refractivity contribution is 6.30. The van der Waals surface area contributed by atoms with Crippen molar-refractivity contribution >= 4 is 23.5 Å². The van der Waals surface area contributed by atoms with E-state index >= 15 is 0 Å². The Balaban J connectivity index is 1.51. The summed E-state index contributed by atoms with van der Waals surface area (Å²) in [5.74, 6) is -0.564. The monoisotopic (exact) mass is 362 g/mol. The molecule has 0 spiro atoms. The fourth-order valence-corrected chi connectivity index (χ4v) is 3.17. The van der Waals surface area contributed by atoms with Gasteiger partial charge in [-0.25, -0.2) is 0 Å². The Morgan fingerprint density at radius 1 is 1.48 bits per heavy atom. The van der Waals surface area contributed by atoms with Crippen LogP contribution in [0.1, 0.15) is 25.3 Å². The van der Waals surface area contributed by atoms with Crippen molar-refractivity contribution in [3.8, 4) is 11.8 Å². The Bertz CT molecular complexity index is 741. The predicted molar refractivity (Wildman–Crippen MR) is 90.0 cm³/mol. The number of benzene rings is 1. The van der Waals surface area contributed by atoms with Gasteiger partial charge >= 0.3 is 5.97 Å². The first-order valence-electron chi connectivity index (χ1n) is 8.21. The predicted octanol–water partition coefficient (Wildman–Crippen LogP) is 2.24. The molecular formula is C18H19ClN2O4. The van der Waals surface area contributed by atoms with Gasteiger partial charge in [-0.2, -0.15) is 5.26 Å². The maximum Gasteiger partial charge on any atom is 0.313 e. The molecular weight excluding hydrogens is 344 g/mol. The van der Waals surface area contributed by atoms with Crippen LogP contribution in [0.4, 0.5) is 0 Å². The molecule has 1 aromatic carbocycles. The molecule has 25 heavy (non-hydrogen) atoms. The maximum absolute atomic E-state index is 12.2. The molecule has 2 atom stereocenters. The van der Waals surface area contributed by atoms with Crippen LogP contribution in [0.3, 0.4) is 0 Å². The SMILES string of the molecule is C[C@](C#N)(NC(=O)COC(=O)[C@@H]1COc2ccc(Cl)cc2C1)C1CC1. The standard InChI is InChI=1S/C18H19ClN2O4/c1-18(10-20,13-2-3-13)21-16(22)9-25-17(23)12-6-11-7-14(19)4-5-15(11)24-8-12/h4-5,7,12-13H,2-3,6,8-9H2,1H3,(H,21,22)/t12-,18+/m0/s1. The van der Waals surface area contributed by atoms with Gasteiger partial charge in [0.2, 0.25) is 0 Å². The normalized spacial score (nSPS) is 21.1. The van der Waals surface area contributed by atoms with E-state index < -0.39 is 29.9 Å². The molecule has 0 saturated heterocycles. The van der Waals surface area contributed by atoms with Gasteiger partial charge < -0.3 is 14.8 Å². The van der Waals surface area contributed by atoms with Crippen LogP contribution in [0.2, 0.25) is 5.02 Å². The minimum atomic E-state index is -0.896. The Labute approximate surface area is 151 Å². The van der Waals surface area contributed by atoms with Crippen molar-refractivity contribution in [3.63, 3.8) is 0 Å². The second-order valence-electron chi connectivity index (χ2n) is 6.71. The highest BCUT2D eigenvalue weighted by Crippen LogP contribution is 2.39. The summed E-state index contributed by atoms with van der Waals surface area (Å²) in [4.78, 5) is 24.2. The van der Waals surface area contributed by atoms with E-state index in [0.717, 1.165) is 18.4 Å². The number of halogens is 1. The fraction of sp³-hybridized carbons (Fsp3) is 0.500. The van der Waals surface area contributed by atoms with E-state index in [2.05, 4.69) is 11.4 Å². The Hall–Kier alpha value is -2.26. The number of carbonyl (C=O) groups is 2. The quantitative estimate of drug-likeness (QED) is 0.811. The van der Waals surface area contributed by atoms with Gasteiger partial charge in [0.25, 0.3) is 5.91 Å². The van der Waals surface area contributed by atoms with Crippen molar-refractivity contribution in [1.29, 1.82) is 5.26 Å². The molecule has 1 N–H and O–H groups in total. The second-order valence-corrected chi connectivity index (χ2v) is 7.14. The molecule has 6 nitrogen and oxygen atoms in total. The average molecular weight is 363 g/mol. The molecule has 1 aromatic rings. The van der Waals surface area contributed by atoms with E-state index in [-0.39, 0.29) is 12.5 Å². The van der Waals surface area contributed by atoms with Crippen LogP contribution in [-0.2, 0) is 20.7 Å². The summed E-state index contributed by atoms with van der Waals surface area (Å²) in [5.41, 5.74) is -0.0522. The zero-order valence-electron chi connectivity index (χ0n) is 13.9. The molecule has 0 unspecified atom stereocenters. The molecule has 3 rings (SSSR count). The molecule has 0 radical (unpaired) electrons. The average Bonchev–Trinajstić information content (AvgIpc) is 3.44. The van der Waals surface area contributed by atoms with Gasteiger partial charge in [-0.3, -0.25) is 9.59 Å². The smallest absolute Gasteiger partial charge is 0.313 e. The highest BCUT2D eigenvalue weighted by Gasteiger charge is 2.43. The highest BCUT2D eigenvalue weighted by atomic mass is 35.5. The summed E-state index contributed by atoms with van der Waals surface area (Å²) in [7, 11) is 0. The Kier molecular flexibility index (Phi) is 4.87. The van der Waals surface area contributed by atoms with Crippen LogP contribution in [0.5, 0.6) is 5.75 Å². The largest absolute Gasteiger partial charge is 0.492 e. The van der Waals surface area contributed by atoms with Crippen molar-refractivity contribution < 1.29 is 19.1 Å². The number of carbonyl (C=O) groups excluding carboxylic acids is 2. The molecule has 0 bridgehead atoms. The van der Waals surface area contributed by atoms with Crippen molar-refractivity contribution in [2.45, 2.75) is 31.7 Å². The molecule has 1 aliphatic carbocycles. The van der Waals surface area contributed by atoms with E-state index in [9.17, 15) is 14.9 Å². The zero-order chi connectivity index (χ0) is 18.0. The molecule has 7 heteroatoms. The summed E-state index contributed by atoms with van der Waals surface area (Å²) in [5, 5.41) is 12.5. The molecule has 1 saturated carbocycles. The maximum atomic E-state index is 12.2. The number of hydrogen-bond donors (Lipinski definition) is 1. The van der Waals surface area contributed by atoms with Gasteiger partial charge in [0.15, 0.2) is 6.61 Å². The third-order valence-corrected chi connectivity index (χ3v) is 4.87. The summed E-state index contributed by atoms with van der Waals surface area (Å²) < 4.78 is 10.7. The number of amides is 1. The summed E-state index contributed by atoms with van der Waals surface area (Å²) in [6.07, 6.45) is 2.30. The molecule has 1 amide bonds. The summed E-state index contributed by atoms with van der Waals surface area (Å²) in [6.45, 7) is 1.49. The number of nitriles is 1. The lowest BCUT2D eigenvalue weighted by Gasteiger charge is -2.25. The lowest BCUT2D eigenvalue weighted by molar-refractivity contribution is -0.154. The minimum absolute atomic E-state index is 0.171. The lowest BCUT2D eigenvalue weighted by atomic mass is 9.97. The number of ether oxygens (including phenoxy) is 2. The zero-order valence-corrected chi connectivity index (χ0v) is 14.6. The molecule has 132 valence electrons. The van der Waals surface area contributed by atoms with E-state index in [1.807, 2.05) is 0 Å². The lowest BCUT2D eigenvalue weighted by Crippen LogP contribution is -2.48. The second kappa shape index (κ2) is 6.93. The first-order chi connectivity index (χ1) is 11.9. The minimum Gasteiger partial charge on any atom is -0.492 e. The van der Waals surface area contributed by atoms with Gasteiger partial charge in [0, 0.05) is 5.02 Å². The summed E-state index contributed by atoms with van der Waals surface area (Å²) in [6, 6.07) is 7.40. The number of fused-ring (bicyclic) bond motifs is 1. The van der Waals surface area contributed by atoms with Crippen LogP contribution < -0.4 is 10.1 Å². The van der Waals surface area contributed by atoms with E-state index in [1.54, 1.807) is 25.1 Å². The van der Waals surface area contributed by atoms with Crippen molar-refractivity contribution in [3.05, 3.63) is 28.8 Å². The first kappa shape index (κ1) is 17.6. The van der Waals surface area contributed by atoms with Crippen LogP contribution in [0.15, 0.2) is 18.2 Å². The van der Waals surface area contributed by atoms with E-state index in [4.69, 9.17) is 21.1 Å². The van der Waals surface area contributed by atoms with E-state index in [0.29, 0.717) is 17.2 Å². The van der Waals surface area contributed by atoms with Crippen LogP contribution in [0, 0.1) is 23.2 Å². The summed E-state index contributed by atoms with van der Waals surface area (Å²) >= 11 is 5.96. The fourth-order valence-electron chi connectivity index (χ4n) is 2.98. The van der Waals surface area contributed by atoms with E-state index in [1.165, 1.54) is 0 Å². The van der Waals surface area contributed by atoms with Crippen molar-refractivity contribution in [1.82, 2.24) is 5.32 Å². The number of esters is 1. The van der Waals surface area contributed by atoms with Crippen molar-refractivity contribution in [2.24, 2.45) is 11.8 Å². The number of nitrogens with zero attached hydrogens (tertiary/aromatic N) is 1. The van der Waals surface area contributed by atoms with Crippen LogP contribution in [0.25, 0.3) is 0 Å². The Morgan fingerprint density at radius 2 is 2.24 bits per heavy atom. The number of nitrogens with one attached hydrogen (secondary N) is 1. The molecule has 0 aromatic heterocycles. The first-order valence-corrected chi connectivity index (χ1v) is 8.59. The number of rotatable bonds is 5. The van der Waals surface area contributed by atoms with Crippen LogP contribution in [-0.4, -0.2) is 30.6 Å². The van der Waals surface area contributed by atoms with Gasteiger partial charge in [0.05, 0.1) is 12.0 Å². The number of hydrogen-bond acceptors (Lipinski definition) is 5. The third-order valence-electron chi connectivity index (χ3n) is 4.63. The van der Waals surface area contributed by atoms with Gasteiger partial charge in [-0.1, -0.05) is 11.6 Å². The van der Waals surface area contributed by atoms with Crippen LogP contribution >= 0.6 is 11.6 Å². The van der Waals surface area contributed by atoms with Gasteiger partial charge in [-0.15, -0.1) is 0 Å². The molecule has 1 aliphatic heterocycles. The molecule has 2 aliphatic rings. The molecule has 1 heterocycles. The third kappa shape index (κ3) is 4.05. The van der Waals surface area contributed by atoms with Crippen molar-refractivity contribution in [2.75, 3.05) is 13.2 Å². The Morgan fingerprint density at radius 3 is 2.92 bits per heavy atom.